The highest BCUT2D eigenvalue weighted by molar-refractivity contribution is 7.90. The van der Waals surface area contributed by atoms with E-state index in [2.05, 4.69) is 5.16 Å². The highest BCUT2D eigenvalue weighted by atomic mass is 35.5. The van der Waals surface area contributed by atoms with Crippen molar-refractivity contribution in [1.29, 1.82) is 0 Å². The summed E-state index contributed by atoms with van der Waals surface area (Å²) in [5.41, 5.74) is 2.15. The summed E-state index contributed by atoms with van der Waals surface area (Å²) in [6, 6.07) is 6.85. The average Bonchev–Trinajstić information content (AvgIpc) is 3.04. The molecule has 1 aromatic carbocycles. The van der Waals surface area contributed by atoms with Gasteiger partial charge in [-0.1, -0.05) is 28.9 Å². The lowest BCUT2D eigenvalue weighted by Gasteiger charge is -2.05. The highest BCUT2D eigenvalue weighted by Gasteiger charge is 2.14. The Hall–Kier alpha value is -2.05. The summed E-state index contributed by atoms with van der Waals surface area (Å²) in [4.78, 5) is 0. The Morgan fingerprint density at radius 1 is 1.30 bits per heavy atom. The van der Waals surface area contributed by atoms with Crippen LogP contribution >= 0.6 is 11.6 Å². The van der Waals surface area contributed by atoms with Crippen LogP contribution in [0.1, 0.15) is 17.0 Å². The summed E-state index contributed by atoms with van der Waals surface area (Å²) in [5.74, 6) is 0.543. The molecule has 2 aromatic heterocycles. The normalized spacial score (nSPS) is 12.5. The van der Waals surface area contributed by atoms with Gasteiger partial charge in [0, 0.05) is 22.2 Å². The van der Waals surface area contributed by atoms with E-state index < -0.39 is 10.0 Å². The predicted molar refractivity (Wildman–Crippen MR) is 91.1 cm³/mol. The van der Waals surface area contributed by atoms with Crippen LogP contribution in [-0.4, -0.2) is 23.3 Å². The van der Waals surface area contributed by atoms with Gasteiger partial charge in [0.15, 0.2) is 0 Å². The summed E-state index contributed by atoms with van der Waals surface area (Å²) >= 11 is 5.93. The van der Waals surface area contributed by atoms with Gasteiger partial charge in [0.25, 0.3) is 0 Å². The lowest BCUT2D eigenvalue weighted by atomic mass is 10.2. The molecule has 5 nitrogen and oxygen atoms in total. The molecule has 0 atom stereocenters. The molecule has 0 aliphatic carbocycles. The Morgan fingerprint density at radius 3 is 2.78 bits per heavy atom. The van der Waals surface area contributed by atoms with Crippen LogP contribution in [0, 0.1) is 13.8 Å². The lowest BCUT2D eigenvalue weighted by Crippen LogP contribution is -2.14. The summed E-state index contributed by atoms with van der Waals surface area (Å²) < 4.78 is 31.4. The SMILES string of the molecule is Cc1noc(C)c1C=CCS(=O)(=O)n1ccc2cc(Cl)ccc21. The molecule has 0 bridgehead atoms. The largest absolute Gasteiger partial charge is 0.361 e. The topological polar surface area (TPSA) is 65.1 Å². The van der Waals surface area contributed by atoms with Crippen molar-refractivity contribution < 1.29 is 12.9 Å². The fourth-order valence-corrected chi connectivity index (χ4v) is 3.82. The first-order chi connectivity index (χ1) is 10.9. The first-order valence-electron chi connectivity index (χ1n) is 6.98. The van der Waals surface area contributed by atoms with E-state index in [-0.39, 0.29) is 5.75 Å². The van der Waals surface area contributed by atoms with Crippen LogP contribution in [0.4, 0.5) is 0 Å². The molecule has 3 aromatic rings. The monoisotopic (exact) mass is 350 g/mol. The summed E-state index contributed by atoms with van der Waals surface area (Å²) in [7, 11) is -3.50. The van der Waals surface area contributed by atoms with Crippen molar-refractivity contribution in [2.45, 2.75) is 13.8 Å². The Labute approximate surface area is 139 Å². The van der Waals surface area contributed by atoms with E-state index in [4.69, 9.17) is 16.1 Å². The number of fused-ring (bicyclic) bond motifs is 1. The van der Waals surface area contributed by atoms with Crippen molar-refractivity contribution in [3.8, 4) is 0 Å². The molecule has 0 radical (unpaired) electrons. The van der Waals surface area contributed by atoms with E-state index in [1.54, 1.807) is 49.5 Å². The number of hydrogen-bond acceptors (Lipinski definition) is 4. The molecule has 0 aliphatic heterocycles. The molecular formula is C16H15ClN2O3S. The number of aromatic nitrogens is 2. The molecule has 0 saturated heterocycles. The quantitative estimate of drug-likeness (QED) is 0.718. The third kappa shape index (κ3) is 3.04. The van der Waals surface area contributed by atoms with E-state index in [1.807, 2.05) is 6.92 Å². The molecule has 23 heavy (non-hydrogen) atoms. The van der Waals surface area contributed by atoms with E-state index >= 15 is 0 Å². The van der Waals surface area contributed by atoms with Gasteiger partial charge in [0.2, 0.25) is 10.0 Å². The van der Waals surface area contributed by atoms with Gasteiger partial charge >= 0.3 is 0 Å². The van der Waals surface area contributed by atoms with E-state index in [0.717, 1.165) is 16.6 Å². The molecule has 0 aliphatic rings. The van der Waals surface area contributed by atoms with Crippen molar-refractivity contribution in [1.82, 2.24) is 9.13 Å². The smallest absolute Gasteiger partial charge is 0.242 e. The maximum absolute atomic E-state index is 12.5. The molecule has 0 fully saturated rings. The number of benzene rings is 1. The van der Waals surface area contributed by atoms with Gasteiger partial charge in [0.05, 0.1) is 17.0 Å². The Balaban J connectivity index is 1.89. The number of nitrogens with zero attached hydrogens (tertiary/aromatic N) is 2. The molecule has 0 N–H and O–H groups in total. The van der Waals surface area contributed by atoms with Crippen LogP contribution in [0.15, 0.2) is 41.1 Å². The second-order valence-corrected chi connectivity index (χ2v) is 7.56. The summed E-state index contributed by atoms with van der Waals surface area (Å²) in [6.45, 7) is 3.60. The van der Waals surface area contributed by atoms with Crippen molar-refractivity contribution in [2.75, 3.05) is 5.75 Å². The second-order valence-electron chi connectivity index (χ2n) is 5.23. The van der Waals surface area contributed by atoms with Crippen LogP contribution in [0.3, 0.4) is 0 Å². The fourth-order valence-electron chi connectivity index (χ4n) is 2.43. The fraction of sp³-hybridized carbons (Fsp3) is 0.188. The lowest BCUT2D eigenvalue weighted by molar-refractivity contribution is 0.393. The van der Waals surface area contributed by atoms with Crippen LogP contribution in [0.2, 0.25) is 5.02 Å². The van der Waals surface area contributed by atoms with E-state index in [9.17, 15) is 8.42 Å². The van der Waals surface area contributed by atoms with Crippen LogP contribution < -0.4 is 0 Å². The van der Waals surface area contributed by atoms with E-state index in [0.29, 0.717) is 16.3 Å². The van der Waals surface area contributed by atoms with Crippen molar-refractivity contribution >= 4 is 38.6 Å². The number of rotatable bonds is 4. The van der Waals surface area contributed by atoms with Gasteiger partial charge in [-0.3, -0.25) is 0 Å². The van der Waals surface area contributed by atoms with Crippen LogP contribution in [0.25, 0.3) is 17.0 Å². The Kier molecular flexibility index (Phi) is 4.04. The number of hydrogen-bond donors (Lipinski definition) is 0. The molecule has 0 amide bonds. The standard InChI is InChI=1S/C16H15ClN2O3S/c1-11-15(12(2)22-18-11)4-3-9-23(20,21)19-8-7-13-10-14(17)5-6-16(13)19/h3-8,10H,9H2,1-2H3. The zero-order chi connectivity index (χ0) is 16.6. The Morgan fingerprint density at radius 2 is 2.09 bits per heavy atom. The molecule has 7 heteroatoms. The van der Waals surface area contributed by atoms with Gasteiger partial charge in [-0.2, -0.15) is 0 Å². The molecule has 2 heterocycles. The predicted octanol–water partition coefficient (Wildman–Crippen LogP) is 3.79. The molecule has 0 unspecified atom stereocenters. The first-order valence-corrected chi connectivity index (χ1v) is 8.96. The van der Waals surface area contributed by atoms with Gasteiger partial charge < -0.3 is 4.52 Å². The minimum absolute atomic E-state index is 0.122. The van der Waals surface area contributed by atoms with Gasteiger partial charge in [-0.05, 0) is 38.1 Å². The summed E-state index contributed by atoms with van der Waals surface area (Å²) in [6.07, 6.45) is 4.87. The maximum atomic E-state index is 12.5. The zero-order valence-electron chi connectivity index (χ0n) is 12.7. The molecule has 0 saturated carbocycles. The van der Waals surface area contributed by atoms with E-state index in [1.165, 1.54) is 3.97 Å². The van der Waals surface area contributed by atoms with Gasteiger partial charge in [0.1, 0.15) is 5.76 Å². The van der Waals surface area contributed by atoms with Crippen LogP contribution in [0.5, 0.6) is 0 Å². The molecular weight excluding hydrogens is 336 g/mol. The minimum atomic E-state index is -3.50. The van der Waals surface area contributed by atoms with Gasteiger partial charge in [-0.25, -0.2) is 12.4 Å². The van der Waals surface area contributed by atoms with Crippen molar-refractivity contribution in [2.24, 2.45) is 0 Å². The zero-order valence-corrected chi connectivity index (χ0v) is 14.2. The van der Waals surface area contributed by atoms with Crippen molar-refractivity contribution in [3.05, 3.63) is 58.6 Å². The maximum Gasteiger partial charge on any atom is 0.242 e. The average molecular weight is 351 g/mol. The van der Waals surface area contributed by atoms with Crippen molar-refractivity contribution in [3.63, 3.8) is 0 Å². The second kappa shape index (κ2) is 5.86. The number of halogens is 1. The molecule has 120 valence electrons. The first kappa shape index (κ1) is 15.8. The third-order valence-corrected chi connectivity index (χ3v) is 5.36. The summed E-state index contributed by atoms with van der Waals surface area (Å²) in [5, 5.41) is 5.20. The van der Waals surface area contributed by atoms with Crippen LogP contribution in [-0.2, 0) is 10.0 Å². The molecule has 0 spiro atoms. The third-order valence-electron chi connectivity index (χ3n) is 3.60. The number of aryl methyl sites for hydroxylation is 2. The highest BCUT2D eigenvalue weighted by Crippen LogP contribution is 2.22. The minimum Gasteiger partial charge on any atom is -0.361 e. The molecule has 3 rings (SSSR count). The van der Waals surface area contributed by atoms with Gasteiger partial charge in [-0.15, -0.1) is 0 Å². The Bertz CT molecular complexity index is 980.